The molecule has 100 valence electrons. The SMILES string of the molecule is CN(C(=O)OC(C)(C)C)C1=CC(C)(C)C=CN=C1. The zero-order chi connectivity index (χ0) is 14.0. The molecule has 0 saturated heterocycles. The number of ether oxygens (including phenoxy) is 1. The van der Waals surface area contributed by atoms with Crippen LogP contribution in [-0.2, 0) is 4.74 Å². The molecule has 1 amide bonds. The van der Waals surface area contributed by atoms with E-state index in [-0.39, 0.29) is 11.5 Å². The number of rotatable bonds is 1. The van der Waals surface area contributed by atoms with Crippen molar-refractivity contribution in [2.24, 2.45) is 10.4 Å². The van der Waals surface area contributed by atoms with Crippen LogP contribution < -0.4 is 0 Å². The van der Waals surface area contributed by atoms with E-state index in [0.29, 0.717) is 0 Å². The third kappa shape index (κ3) is 4.35. The minimum Gasteiger partial charge on any atom is -0.443 e. The Kier molecular flexibility index (Phi) is 3.99. The van der Waals surface area contributed by atoms with Gasteiger partial charge in [0.2, 0.25) is 0 Å². The van der Waals surface area contributed by atoms with E-state index in [1.165, 1.54) is 4.90 Å². The first-order valence-corrected chi connectivity index (χ1v) is 6.01. The van der Waals surface area contributed by atoms with Gasteiger partial charge in [-0.15, -0.1) is 0 Å². The topological polar surface area (TPSA) is 41.9 Å². The van der Waals surface area contributed by atoms with Crippen molar-refractivity contribution in [2.45, 2.75) is 40.2 Å². The molecule has 0 atom stereocenters. The Morgan fingerprint density at radius 3 is 2.56 bits per heavy atom. The molecule has 0 radical (unpaired) electrons. The zero-order valence-electron chi connectivity index (χ0n) is 12.0. The fourth-order valence-electron chi connectivity index (χ4n) is 1.44. The van der Waals surface area contributed by atoms with Gasteiger partial charge in [0.25, 0.3) is 0 Å². The summed E-state index contributed by atoms with van der Waals surface area (Å²) in [5.41, 5.74) is 0.100. The normalized spacial score (nSPS) is 18.0. The van der Waals surface area contributed by atoms with Crippen molar-refractivity contribution >= 4 is 12.3 Å². The first-order valence-electron chi connectivity index (χ1n) is 6.01. The summed E-state index contributed by atoms with van der Waals surface area (Å²) in [4.78, 5) is 17.6. The standard InChI is InChI=1S/C14H22N2O2/c1-13(2,3)18-12(17)16(6)11-9-14(4,5)7-8-15-10-11/h7-10H,1-6H3. The number of carbonyl (C=O) groups excluding carboxylic acids is 1. The van der Waals surface area contributed by atoms with Crippen LogP contribution in [0.25, 0.3) is 0 Å². The molecule has 18 heavy (non-hydrogen) atoms. The van der Waals surface area contributed by atoms with E-state index < -0.39 is 5.60 Å². The number of carbonyl (C=O) groups is 1. The van der Waals surface area contributed by atoms with Crippen molar-refractivity contribution in [2.75, 3.05) is 7.05 Å². The third-order valence-corrected chi connectivity index (χ3v) is 2.37. The smallest absolute Gasteiger partial charge is 0.414 e. The van der Waals surface area contributed by atoms with Crippen molar-refractivity contribution in [1.29, 1.82) is 0 Å². The second-order valence-electron chi connectivity index (χ2n) is 6.02. The second kappa shape index (κ2) is 4.96. The van der Waals surface area contributed by atoms with Crippen LogP contribution in [0.1, 0.15) is 34.6 Å². The van der Waals surface area contributed by atoms with Gasteiger partial charge in [-0.1, -0.05) is 19.9 Å². The summed E-state index contributed by atoms with van der Waals surface area (Å²) in [6.07, 6.45) is 7.00. The van der Waals surface area contributed by atoms with E-state index in [2.05, 4.69) is 18.8 Å². The average molecular weight is 250 g/mol. The molecule has 0 aromatic heterocycles. The second-order valence-corrected chi connectivity index (χ2v) is 6.02. The van der Waals surface area contributed by atoms with Crippen molar-refractivity contribution in [3.63, 3.8) is 0 Å². The first kappa shape index (κ1) is 14.5. The minimum atomic E-state index is -0.498. The van der Waals surface area contributed by atoms with Gasteiger partial charge in [0, 0.05) is 18.7 Å². The average Bonchev–Trinajstić information content (AvgIpc) is 2.35. The van der Waals surface area contributed by atoms with E-state index in [1.54, 1.807) is 19.5 Å². The predicted molar refractivity (Wildman–Crippen MR) is 73.5 cm³/mol. The Balaban J connectivity index is 2.87. The predicted octanol–water partition coefficient (Wildman–Crippen LogP) is 3.36. The minimum absolute atomic E-state index is 0.137. The molecule has 1 aliphatic heterocycles. The van der Waals surface area contributed by atoms with Gasteiger partial charge >= 0.3 is 6.09 Å². The molecule has 0 aliphatic carbocycles. The summed E-state index contributed by atoms with van der Waals surface area (Å²) in [5, 5.41) is 0. The monoisotopic (exact) mass is 250 g/mol. The molecule has 0 unspecified atom stereocenters. The molecule has 0 aromatic carbocycles. The van der Waals surface area contributed by atoms with Gasteiger partial charge < -0.3 is 4.74 Å². The molecule has 4 nitrogen and oxygen atoms in total. The summed E-state index contributed by atoms with van der Waals surface area (Å²) in [7, 11) is 1.69. The lowest BCUT2D eigenvalue weighted by Gasteiger charge is -2.26. The quantitative estimate of drug-likeness (QED) is 0.716. The van der Waals surface area contributed by atoms with Crippen molar-refractivity contribution in [1.82, 2.24) is 4.90 Å². The lowest BCUT2D eigenvalue weighted by Crippen LogP contribution is -2.34. The van der Waals surface area contributed by atoms with Crippen LogP contribution in [0.4, 0.5) is 4.79 Å². The molecule has 1 rings (SSSR count). The van der Waals surface area contributed by atoms with Crippen LogP contribution in [0.2, 0.25) is 0 Å². The molecule has 0 bridgehead atoms. The van der Waals surface area contributed by atoms with Crippen LogP contribution in [0.5, 0.6) is 0 Å². The Hall–Kier alpha value is -1.58. The van der Waals surface area contributed by atoms with Gasteiger partial charge in [0.1, 0.15) is 5.60 Å². The highest BCUT2D eigenvalue weighted by molar-refractivity contribution is 5.85. The Labute approximate surface area is 109 Å². The molecule has 1 heterocycles. The van der Waals surface area contributed by atoms with E-state index in [4.69, 9.17) is 4.74 Å². The number of allylic oxidation sites excluding steroid dienone is 3. The fourth-order valence-corrected chi connectivity index (χ4v) is 1.44. The molecule has 1 aliphatic rings. The number of nitrogens with zero attached hydrogens (tertiary/aromatic N) is 2. The Bertz CT molecular complexity index is 412. The van der Waals surface area contributed by atoms with Crippen LogP contribution in [0.15, 0.2) is 29.0 Å². The highest BCUT2D eigenvalue weighted by atomic mass is 16.6. The summed E-state index contributed by atoms with van der Waals surface area (Å²) < 4.78 is 5.33. The maximum Gasteiger partial charge on any atom is 0.414 e. The van der Waals surface area contributed by atoms with E-state index in [1.807, 2.05) is 32.9 Å². The van der Waals surface area contributed by atoms with Crippen molar-refractivity contribution in [3.8, 4) is 0 Å². The maximum atomic E-state index is 12.0. The number of hydrogen-bond acceptors (Lipinski definition) is 3. The van der Waals surface area contributed by atoms with Gasteiger partial charge in [0.15, 0.2) is 0 Å². The highest BCUT2D eigenvalue weighted by Crippen LogP contribution is 2.24. The maximum absolute atomic E-state index is 12.0. The van der Waals surface area contributed by atoms with Crippen molar-refractivity contribution in [3.05, 3.63) is 24.0 Å². The highest BCUT2D eigenvalue weighted by Gasteiger charge is 2.23. The van der Waals surface area contributed by atoms with Crippen LogP contribution >= 0.6 is 0 Å². The van der Waals surface area contributed by atoms with E-state index >= 15 is 0 Å². The van der Waals surface area contributed by atoms with Gasteiger partial charge in [-0.2, -0.15) is 0 Å². The molecular weight excluding hydrogens is 228 g/mol. The molecule has 0 aromatic rings. The summed E-state index contributed by atoms with van der Waals surface area (Å²) in [5.74, 6) is 0. The lowest BCUT2D eigenvalue weighted by molar-refractivity contribution is 0.0362. The molecule has 0 spiro atoms. The van der Waals surface area contributed by atoms with Crippen LogP contribution in [-0.4, -0.2) is 29.9 Å². The number of amides is 1. The van der Waals surface area contributed by atoms with Gasteiger partial charge in [-0.3, -0.25) is 9.89 Å². The fraction of sp³-hybridized carbons (Fsp3) is 0.571. The van der Waals surface area contributed by atoms with E-state index in [0.717, 1.165) is 5.70 Å². The first-order chi connectivity index (χ1) is 8.11. The van der Waals surface area contributed by atoms with Gasteiger partial charge in [-0.25, -0.2) is 4.79 Å². The van der Waals surface area contributed by atoms with Crippen LogP contribution in [0, 0.1) is 5.41 Å². The number of aliphatic imine (C=N–C) groups is 1. The number of hydrogen-bond donors (Lipinski definition) is 0. The molecule has 0 fully saturated rings. The van der Waals surface area contributed by atoms with Gasteiger partial charge in [0.05, 0.1) is 11.9 Å². The summed E-state index contributed by atoms with van der Waals surface area (Å²) >= 11 is 0. The van der Waals surface area contributed by atoms with Gasteiger partial charge in [-0.05, 0) is 26.8 Å². The largest absolute Gasteiger partial charge is 0.443 e. The molecule has 0 saturated carbocycles. The van der Waals surface area contributed by atoms with E-state index in [9.17, 15) is 4.79 Å². The third-order valence-electron chi connectivity index (χ3n) is 2.37. The zero-order valence-corrected chi connectivity index (χ0v) is 12.0. The molecule has 4 heteroatoms. The Morgan fingerprint density at radius 2 is 2.00 bits per heavy atom. The Morgan fingerprint density at radius 1 is 1.39 bits per heavy atom. The lowest BCUT2D eigenvalue weighted by atomic mass is 9.92. The summed E-state index contributed by atoms with van der Waals surface area (Å²) in [6.45, 7) is 9.65. The summed E-state index contributed by atoms with van der Waals surface area (Å²) in [6, 6.07) is 0. The molecular formula is C14H22N2O2. The van der Waals surface area contributed by atoms with Crippen LogP contribution in [0.3, 0.4) is 0 Å². The molecule has 0 N–H and O–H groups in total. The van der Waals surface area contributed by atoms with Crippen molar-refractivity contribution < 1.29 is 9.53 Å².